The third kappa shape index (κ3) is 3.17. The number of hydrogen-bond donors (Lipinski definition) is 0. The molecule has 0 fully saturated rings. The van der Waals surface area contributed by atoms with Crippen molar-refractivity contribution in [3.05, 3.63) is 63.1 Å². The molecule has 0 amide bonds. The van der Waals surface area contributed by atoms with Crippen LogP contribution >= 0.6 is 27.5 Å². The highest BCUT2D eigenvalue weighted by Crippen LogP contribution is 2.27. The molecule has 0 aliphatic heterocycles. The zero-order valence-corrected chi connectivity index (χ0v) is 12.7. The fraction of sp³-hybridized carbons (Fsp3) is 0.133. The molecule has 0 aliphatic carbocycles. The van der Waals surface area contributed by atoms with Gasteiger partial charge in [0.1, 0.15) is 5.75 Å². The zero-order chi connectivity index (χ0) is 13.8. The molecule has 2 aromatic carbocycles. The summed E-state index contributed by atoms with van der Waals surface area (Å²) >= 11 is 9.44. The minimum Gasteiger partial charge on any atom is -0.494 e. The van der Waals surface area contributed by atoms with Crippen molar-refractivity contribution in [1.82, 2.24) is 0 Å². The molecule has 0 unspecified atom stereocenters. The first-order chi connectivity index (χ1) is 9.13. The summed E-state index contributed by atoms with van der Waals surface area (Å²) in [6, 6.07) is 12.3. The Hall–Kier alpha value is -1.32. The maximum absolute atomic E-state index is 12.4. The Morgan fingerprint density at radius 2 is 1.95 bits per heavy atom. The quantitative estimate of drug-likeness (QED) is 0.753. The Morgan fingerprint density at radius 1 is 1.21 bits per heavy atom. The summed E-state index contributed by atoms with van der Waals surface area (Å²) in [6.45, 7) is 2.50. The number of ketones is 1. The monoisotopic (exact) mass is 338 g/mol. The number of carbonyl (C=O) groups is 1. The van der Waals surface area contributed by atoms with Crippen LogP contribution in [-0.4, -0.2) is 12.4 Å². The van der Waals surface area contributed by atoms with Crippen molar-refractivity contribution in [3.63, 3.8) is 0 Å². The van der Waals surface area contributed by atoms with E-state index in [9.17, 15) is 4.79 Å². The van der Waals surface area contributed by atoms with Crippen LogP contribution in [0.2, 0.25) is 5.02 Å². The van der Waals surface area contributed by atoms with Gasteiger partial charge >= 0.3 is 0 Å². The third-order valence-electron chi connectivity index (χ3n) is 2.61. The molecular weight excluding hydrogens is 328 g/mol. The SMILES string of the molecule is CCOc1ccc(C(=O)c2ccccc2Cl)c(Br)c1. The van der Waals surface area contributed by atoms with E-state index in [0.29, 0.717) is 27.2 Å². The van der Waals surface area contributed by atoms with Gasteiger partial charge in [-0.15, -0.1) is 0 Å². The van der Waals surface area contributed by atoms with Gasteiger partial charge in [-0.2, -0.15) is 0 Å². The molecule has 0 saturated carbocycles. The lowest BCUT2D eigenvalue weighted by atomic mass is 10.0. The third-order valence-corrected chi connectivity index (χ3v) is 3.60. The van der Waals surface area contributed by atoms with Gasteiger partial charge in [0, 0.05) is 15.6 Å². The molecule has 4 heteroatoms. The van der Waals surface area contributed by atoms with E-state index in [1.54, 1.807) is 42.5 Å². The number of hydrogen-bond acceptors (Lipinski definition) is 2. The Bertz CT molecular complexity index is 611. The number of carbonyl (C=O) groups excluding carboxylic acids is 1. The van der Waals surface area contributed by atoms with Crippen LogP contribution in [0.15, 0.2) is 46.9 Å². The van der Waals surface area contributed by atoms with E-state index in [1.165, 1.54) is 0 Å². The minimum atomic E-state index is -0.111. The first-order valence-electron chi connectivity index (χ1n) is 5.85. The Labute approximate surface area is 125 Å². The van der Waals surface area contributed by atoms with Crippen LogP contribution in [-0.2, 0) is 0 Å². The van der Waals surface area contributed by atoms with E-state index in [4.69, 9.17) is 16.3 Å². The van der Waals surface area contributed by atoms with Crippen LogP contribution in [0, 0.1) is 0 Å². The molecule has 0 heterocycles. The average Bonchev–Trinajstić information content (AvgIpc) is 2.39. The van der Waals surface area contributed by atoms with Crippen molar-refractivity contribution in [1.29, 1.82) is 0 Å². The maximum atomic E-state index is 12.4. The fourth-order valence-corrected chi connectivity index (χ4v) is 2.49. The standard InChI is InChI=1S/C15H12BrClO2/c1-2-19-10-7-8-11(13(16)9-10)15(18)12-5-3-4-6-14(12)17/h3-9H,2H2,1H3. The van der Waals surface area contributed by atoms with Crippen LogP contribution in [0.3, 0.4) is 0 Å². The smallest absolute Gasteiger partial charge is 0.195 e. The molecule has 0 spiro atoms. The molecule has 0 aliphatic rings. The first kappa shape index (κ1) is 14.1. The molecule has 0 bridgehead atoms. The number of benzene rings is 2. The number of ether oxygens (including phenoxy) is 1. The summed E-state index contributed by atoms with van der Waals surface area (Å²) in [5.41, 5.74) is 1.06. The first-order valence-corrected chi connectivity index (χ1v) is 7.02. The Kier molecular flexibility index (Phi) is 4.61. The van der Waals surface area contributed by atoms with E-state index in [2.05, 4.69) is 15.9 Å². The van der Waals surface area contributed by atoms with Crippen LogP contribution in [0.25, 0.3) is 0 Å². The van der Waals surface area contributed by atoms with Crippen LogP contribution in [0.1, 0.15) is 22.8 Å². The Balaban J connectivity index is 2.37. The highest BCUT2D eigenvalue weighted by molar-refractivity contribution is 9.10. The molecule has 0 N–H and O–H groups in total. The lowest BCUT2D eigenvalue weighted by Crippen LogP contribution is -2.03. The van der Waals surface area contributed by atoms with Crippen LogP contribution in [0.5, 0.6) is 5.75 Å². The number of halogens is 2. The zero-order valence-electron chi connectivity index (χ0n) is 10.3. The van der Waals surface area contributed by atoms with E-state index < -0.39 is 0 Å². The molecule has 0 saturated heterocycles. The average molecular weight is 340 g/mol. The van der Waals surface area contributed by atoms with Gasteiger partial charge in [0.25, 0.3) is 0 Å². The fourth-order valence-electron chi connectivity index (χ4n) is 1.73. The molecule has 0 atom stereocenters. The molecular formula is C15H12BrClO2. The molecule has 0 radical (unpaired) electrons. The van der Waals surface area contributed by atoms with Gasteiger partial charge in [-0.05, 0) is 53.2 Å². The van der Waals surface area contributed by atoms with E-state index in [0.717, 1.165) is 5.75 Å². The van der Waals surface area contributed by atoms with Crippen molar-refractivity contribution >= 4 is 33.3 Å². The van der Waals surface area contributed by atoms with E-state index >= 15 is 0 Å². The predicted octanol–water partition coefficient (Wildman–Crippen LogP) is 4.73. The second-order valence-electron chi connectivity index (χ2n) is 3.88. The largest absolute Gasteiger partial charge is 0.494 e. The summed E-state index contributed by atoms with van der Waals surface area (Å²) in [5, 5.41) is 0.452. The molecule has 19 heavy (non-hydrogen) atoms. The second-order valence-corrected chi connectivity index (χ2v) is 5.15. The van der Waals surface area contributed by atoms with Gasteiger partial charge in [-0.3, -0.25) is 4.79 Å². The summed E-state index contributed by atoms with van der Waals surface area (Å²) in [6.07, 6.45) is 0. The molecule has 2 rings (SSSR count). The van der Waals surface area contributed by atoms with Gasteiger partial charge in [0.2, 0.25) is 0 Å². The predicted molar refractivity (Wildman–Crippen MR) is 80.2 cm³/mol. The lowest BCUT2D eigenvalue weighted by Gasteiger charge is -2.08. The molecule has 2 nitrogen and oxygen atoms in total. The van der Waals surface area contributed by atoms with E-state index in [1.807, 2.05) is 6.92 Å². The van der Waals surface area contributed by atoms with Crippen LogP contribution < -0.4 is 4.74 Å². The van der Waals surface area contributed by atoms with Gasteiger partial charge in [0.05, 0.1) is 11.6 Å². The highest BCUT2D eigenvalue weighted by Gasteiger charge is 2.15. The van der Waals surface area contributed by atoms with Gasteiger partial charge in [0.15, 0.2) is 5.78 Å². The van der Waals surface area contributed by atoms with E-state index in [-0.39, 0.29) is 5.78 Å². The summed E-state index contributed by atoms with van der Waals surface area (Å²) in [7, 11) is 0. The van der Waals surface area contributed by atoms with Crippen molar-refractivity contribution in [2.24, 2.45) is 0 Å². The second kappa shape index (κ2) is 6.22. The highest BCUT2D eigenvalue weighted by atomic mass is 79.9. The molecule has 0 aromatic heterocycles. The summed E-state index contributed by atoms with van der Waals surface area (Å²) < 4.78 is 6.08. The van der Waals surface area contributed by atoms with Gasteiger partial charge in [-0.25, -0.2) is 0 Å². The van der Waals surface area contributed by atoms with Crippen molar-refractivity contribution < 1.29 is 9.53 Å². The minimum absolute atomic E-state index is 0.111. The summed E-state index contributed by atoms with van der Waals surface area (Å²) in [4.78, 5) is 12.4. The lowest BCUT2D eigenvalue weighted by molar-refractivity contribution is 0.103. The van der Waals surface area contributed by atoms with Crippen LogP contribution in [0.4, 0.5) is 0 Å². The van der Waals surface area contributed by atoms with Crippen molar-refractivity contribution in [2.45, 2.75) is 6.92 Å². The maximum Gasteiger partial charge on any atom is 0.195 e. The van der Waals surface area contributed by atoms with Crippen molar-refractivity contribution in [2.75, 3.05) is 6.61 Å². The summed E-state index contributed by atoms with van der Waals surface area (Å²) in [5.74, 6) is 0.616. The van der Waals surface area contributed by atoms with Gasteiger partial charge < -0.3 is 4.74 Å². The van der Waals surface area contributed by atoms with Crippen molar-refractivity contribution in [3.8, 4) is 5.75 Å². The number of rotatable bonds is 4. The molecule has 2 aromatic rings. The van der Waals surface area contributed by atoms with Gasteiger partial charge in [-0.1, -0.05) is 23.7 Å². The Morgan fingerprint density at radius 3 is 2.58 bits per heavy atom. The topological polar surface area (TPSA) is 26.3 Å². The normalized spacial score (nSPS) is 10.3. The molecule has 98 valence electrons.